The molecule has 0 fully saturated rings. The normalized spacial score (nSPS) is 13.9. The topological polar surface area (TPSA) is 105 Å². The van der Waals surface area contributed by atoms with Crippen molar-refractivity contribution in [1.29, 1.82) is 0 Å². The van der Waals surface area contributed by atoms with Crippen molar-refractivity contribution in [3.8, 4) is 0 Å². The number of amidine groups is 1. The van der Waals surface area contributed by atoms with E-state index in [0.717, 1.165) is 11.3 Å². The van der Waals surface area contributed by atoms with Crippen LogP contribution in [0.25, 0.3) is 0 Å². The number of oxime groups is 1. The van der Waals surface area contributed by atoms with Crippen molar-refractivity contribution in [2.45, 2.75) is 23.6 Å². The molecule has 6 nitrogen and oxygen atoms in total. The first-order valence-electron chi connectivity index (χ1n) is 4.46. The minimum absolute atomic E-state index is 0.0707. The van der Waals surface area contributed by atoms with Gasteiger partial charge in [0.15, 0.2) is 5.84 Å². The zero-order valence-electron chi connectivity index (χ0n) is 9.14. The summed E-state index contributed by atoms with van der Waals surface area (Å²) in [5.74, 6) is -0.233. The van der Waals surface area contributed by atoms with Crippen LogP contribution in [-0.2, 0) is 10.0 Å². The van der Waals surface area contributed by atoms with Crippen molar-refractivity contribution >= 4 is 38.8 Å². The van der Waals surface area contributed by atoms with Crippen LogP contribution < -0.4 is 10.5 Å². The Bertz CT molecular complexity index is 536. The molecule has 0 spiro atoms. The van der Waals surface area contributed by atoms with Crippen LogP contribution in [0.15, 0.2) is 21.5 Å². The second-order valence-corrected chi connectivity index (χ2v) is 7.40. The molecule has 0 aliphatic heterocycles. The molecule has 0 saturated carbocycles. The van der Waals surface area contributed by atoms with Gasteiger partial charge in [-0.1, -0.05) is 16.8 Å². The summed E-state index contributed by atoms with van der Waals surface area (Å²) in [5, 5.41) is 11.3. The van der Waals surface area contributed by atoms with E-state index in [2.05, 4.69) is 9.88 Å². The number of hydrogen-bond donors (Lipinski definition) is 3. The van der Waals surface area contributed by atoms with E-state index in [-0.39, 0.29) is 10.0 Å². The monoisotopic (exact) mass is 297 g/mol. The lowest BCUT2D eigenvalue weighted by Crippen LogP contribution is -2.52. The minimum atomic E-state index is -3.74. The molecule has 1 aromatic heterocycles. The fourth-order valence-corrected chi connectivity index (χ4v) is 3.88. The average molecular weight is 298 g/mol. The van der Waals surface area contributed by atoms with E-state index in [1.54, 1.807) is 0 Å². The molecule has 0 atom stereocenters. The Morgan fingerprint density at radius 3 is 2.59 bits per heavy atom. The Hall–Kier alpha value is -0.830. The SMILES string of the molecule is CC(C)(NS(=O)(=O)c1ccc(Cl)s1)/C(N)=N/O. The molecule has 0 unspecified atom stereocenters. The van der Waals surface area contributed by atoms with Crippen LogP contribution in [0.2, 0.25) is 4.34 Å². The quantitative estimate of drug-likeness (QED) is 0.336. The zero-order chi connectivity index (χ0) is 13.3. The average Bonchev–Trinajstić information content (AvgIpc) is 2.62. The van der Waals surface area contributed by atoms with E-state index < -0.39 is 15.6 Å². The number of nitrogens with one attached hydrogen (secondary N) is 1. The minimum Gasteiger partial charge on any atom is -0.409 e. The van der Waals surface area contributed by atoms with Crippen molar-refractivity contribution in [2.24, 2.45) is 10.9 Å². The fraction of sp³-hybridized carbons (Fsp3) is 0.375. The van der Waals surface area contributed by atoms with Gasteiger partial charge in [0, 0.05) is 0 Å². The molecule has 1 heterocycles. The standard InChI is InChI=1S/C8H12ClN3O3S2/c1-8(2,7(10)11-13)12-17(14,15)6-4-3-5(9)16-6/h3-4,12-13H,1-2H3,(H2,10,11). The first-order valence-corrected chi connectivity index (χ1v) is 7.14. The number of hydrogen-bond acceptors (Lipinski definition) is 5. The van der Waals surface area contributed by atoms with Gasteiger partial charge in [0.1, 0.15) is 4.21 Å². The summed E-state index contributed by atoms with van der Waals surface area (Å²) in [6, 6.07) is 2.87. The maximum atomic E-state index is 11.9. The number of nitrogens with zero attached hydrogens (tertiary/aromatic N) is 1. The maximum absolute atomic E-state index is 11.9. The van der Waals surface area contributed by atoms with Crippen molar-refractivity contribution in [2.75, 3.05) is 0 Å². The molecule has 0 aromatic carbocycles. The third-order valence-corrected chi connectivity index (χ3v) is 5.33. The van der Waals surface area contributed by atoms with Gasteiger partial charge in [0.2, 0.25) is 0 Å². The molecule has 1 aromatic rings. The number of rotatable bonds is 4. The lowest BCUT2D eigenvalue weighted by atomic mass is 10.1. The van der Waals surface area contributed by atoms with Crippen LogP contribution in [0.1, 0.15) is 13.8 Å². The molecule has 96 valence electrons. The van der Waals surface area contributed by atoms with Crippen LogP contribution in [0.3, 0.4) is 0 Å². The van der Waals surface area contributed by atoms with E-state index in [1.165, 1.54) is 26.0 Å². The molecular weight excluding hydrogens is 286 g/mol. The third kappa shape index (κ3) is 3.32. The van der Waals surface area contributed by atoms with Gasteiger partial charge in [0.05, 0.1) is 9.88 Å². The summed E-state index contributed by atoms with van der Waals surface area (Å²) in [6.07, 6.45) is 0. The molecule has 9 heteroatoms. The molecule has 0 aliphatic rings. The van der Waals surface area contributed by atoms with Gasteiger partial charge in [-0.15, -0.1) is 11.3 Å². The maximum Gasteiger partial charge on any atom is 0.251 e. The van der Waals surface area contributed by atoms with Gasteiger partial charge in [-0.3, -0.25) is 0 Å². The number of halogens is 1. The highest BCUT2D eigenvalue weighted by atomic mass is 35.5. The third-order valence-electron chi connectivity index (χ3n) is 1.95. The van der Waals surface area contributed by atoms with Gasteiger partial charge >= 0.3 is 0 Å². The Labute approximate surface area is 108 Å². The first kappa shape index (κ1) is 14.2. The Balaban J connectivity index is 3.03. The molecule has 4 N–H and O–H groups in total. The molecule has 0 radical (unpaired) electrons. The second kappa shape index (κ2) is 4.81. The van der Waals surface area contributed by atoms with Gasteiger partial charge in [-0.25, -0.2) is 8.42 Å². The van der Waals surface area contributed by atoms with Crippen LogP contribution in [0.4, 0.5) is 0 Å². The van der Waals surface area contributed by atoms with E-state index in [1.807, 2.05) is 0 Å². The van der Waals surface area contributed by atoms with Crippen molar-refractivity contribution in [3.63, 3.8) is 0 Å². The van der Waals surface area contributed by atoms with Crippen molar-refractivity contribution < 1.29 is 13.6 Å². The van der Waals surface area contributed by atoms with Crippen LogP contribution in [0.5, 0.6) is 0 Å². The zero-order valence-corrected chi connectivity index (χ0v) is 11.5. The molecule has 1 rings (SSSR count). The van der Waals surface area contributed by atoms with Gasteiger partial charge < -0.3 is 10.9 Å². The molecular formula is C8H12ClN3O3S2. The highest BCUT2D eigenvalue weighted by molar-refractivity contribution is 7.91. The smallest absolute Gasteiger partial charge is 0.251 e. The van der Waals surface area contributed by atoms with E-state index in [9.17, 15) is 8.42 Å². The summed E-state index contributed by atoms with van der Waals surface area (Å²) in [7, 11) is -3.74. The largest absolute Gasteiger partial charge is 0.409 e. The van der Waals surface area contributed by atoms with Crippen LogP contribution >= 0.6 is 22.9 Å². The van der Waals surface area contributed by atoms with Gasteiger partial charge in [0.25, 0.3) is 10.0 Å². The molecule has 0 saturated heterocycles. The highest BCUT2D eigenvalue weighted by Crippen LogP contribution is 2.26. The van der Waals surface area contributed by atoms with Gasteiger partial charge in [-0.2, -0.15) is 4.72 Å². The first-order chi connectivity index (χ1) is 7.69. The predicted octanol–water partition coefficient (Wildman–Crippen LogP) is 1.20. The summed E-state index contributed by atoms with van der Waals surface area (Å²) in [5.41, 5.74) is 4.20. The van der Waals surface area contributed by atoms with Crippen LogP contribution in [0, 0.1) is 0 Å². The number of nitrogens with two attached hydrogens (primary N) is 1. The molecule has 0 aliphatic carbocycles. The second-order valence-electron chi connectivity index (χ2n) is 3.77. The predicted molar refractivity (Wildman–Crippen MR) is 67.1 cm³/mol. The van der Waals surface area contributed by atoms with E-state index in [4.69, 9.17) is 22.5 Å². The summed E-state index contributed by atoms with van der Waals surface area (Å²) in [6.45, 7) is 2.96. The summed E-state index contributed by atoms with van der Waals surface area (Å²) >= 11 is 6.59. The van der Waals surface area contributed by atoms with Crippen molar-refractivity contribution in [3.05, 3.63) is 16.5 Å². The van der Waals surface area contributed by atoms with E-state index in [0.29, 0.717) is 4.34 Å². The fourth-order valence-electron chi connectivity index (χ4n) is 1.01. The summed E-state index contributed by atoms with van der Waals surface area (Å²) < 4.78 is 26.6. The molecule has 0 bridgehead atoms. The molecule has 0 amide bonds. The van der Waals surface area contributed by atoms with Crippen molar-refractivity contribution in [1.82, 2.24) is 4.72 Å². The number of thiophene rings is 1. The van der Waals surface area contributed by atoms with E-state index >= 15 is 0 Å². The van der Waals surface area contributed by atoms with Gasteiger partial charge in [-0.05, 0) is 26.0 Å². The Morgan fingerprint density at radius 1 is 1.59 bits per heavy atom. The molecule has 17 heavy (non-hydrogen) atoms. The number of sulfonamides is 1. The Morgan fingerprint density at radius 2 is 2.18 bits per heavy atom. The lowest BCUT2D eigenvalue weighted by molar-refractivity contribution is 0.312. The summed E-state index contributed by atoms with van der Waals surface area (Å²) in [4.78, 5) is 0. The van der Waals surface area contributed by atoms with Crippen LogP contribution in [-0.4, -0.2) is 25.0 Å². The Kier molecular flexibility index (Phi) is 4.03. The highest BCUT2D eigenvalue weighted by Gasteiger charge is 2.31. The lowest BCUT2D eigenvalue weighted by Gasteiger charge is -2.23.